The van der Waals surface area contributed by atoms with Crippen molar-refractivity contribution in [2.45, 2.75) is 19.0 Å². The first-order valence-electron chi connectivity index (χ1n) is 4.31. The molecule has 0 unspecified atom stereocenters. The molecule has 0 aromatic heterocycles. The zero-order valence-corrected chi connectivity index (χ0v) is 8.57. The van der Waals surface area contributed by atoms with Crippen LogP contribution in [0.15, 0.2) is 12.2 Å². The van der Waals surface area contributed by atoms with Crippen LogP contribution in [0.25, 0.3) is 0 Å². The highest BCUT2D eigenvalue weighted by Crippen LogP contribution is 2.23. The summed E-state index contributed by atoms with van der Waals surface area (Å²) in [4.78, 5) is 10.7. The minimum absolute atomic E-state index is 0.126. The molecule has 0 bridgehead atoms. The van der Waals surface area contributed by atoms with Gasteiger partial charge in [0, 0.05) is 21.1 Å². The van der Waals surface area contributed by atoms with E-state index in [9.17, 15) is 4.79 Å². The highest BCUT2D eigenvalue weighted by molar-refractivity contribution is 5.72. The van der Waals surface area contributed by atoms with E-state index >= 15 is 0 Å². The lowest BCUT2D eigenvalue weighted by atomic mass is 10.2. The van der Waals surface area contributed by atoms with E-state index in [1.54, 1.807) is 19.3 Å². The number of hydrogen-bond acceptors (Lipinski definition) is 4. The van der Waals surface area contributed by atoms with Crippen LogP contribution in [0.4, 0.5) is 0 Å². The minimum Gasteiger partial charge on any atom is -0.352 e. The van der Waals surface area contributed by atoms with Gasteiger partial charge in [0.05, 0.1) is 6.54 Å². The second kappa shape index (κ2) is 4.54. The lowest BCUT2D eigenvalue weighted by Gasteiger charge is -2.26. The van der Waals surface area contributed by atoms with Crippen molar-refractivity contribution in [3.8, 4) is 0 Å². The van der Waals surface area contributed by atoms with Crippen LogP contribution in [-0.2, 0) is 19.0 Å². The van der Waals surface area contributed by atoms with Gasteiger partial charge in [0.15, 0.2) is 6.29 Å². The van der Waals surface area contributed by atoms with Gasteiger partial charge in [0.25, 0.3) is 0 Å². The van der Waals surface area contributed by atoms with Crippen molar-refractivity contribution in [3.63, 3.8) is 0 Å². The molecule has 0 aliphatic carbocycles. The van der Waals surface area contributed by atoms with Gasteiger partial charge in [-0.3, -0.25) is 4.79 Å². The van der Waals surface area contributed by atoms with Gasteiger partial charge in [-0.1, -0.05) is 0 Å². The fraction of sp³-hybridized carbons (Fsp3) is 0.667. The van der Waals surface area contributed by atoms with Crippen LogP contribution < -0.4 is 5.32 Å². The van der Waals surface area contributed by atoms with Gasteiger partial charge < -0.3 is 19.5 Å². The van der Waals surface area contributed by atoms with Crippen molar-refractivity contribution in [1.29, 1.82) is 0 Å². The predicted octanol–water partition coefficient (Wildman–Crippen LogP) is 0.0241. The van der Waals surface area contributed by atoms with Gasteiger partial charge in [-0.15, -0.1) is 0 Å². The first-order chi connectivity index (χ1) is 6.62. The Hall–Kier alpha value is -0.910. The number of carbonyl (C=O) groups is 1. The molecular weight excluding hydrogens is 186 g/mol. The van der Waals surface area contributed by atoms with Crippen LogP contribution in [0.3, 0.4) is 0 Å². The average Bonchev–Trinajstić information content (AvgIpc) is 2.59. The van der Waals surface area contributed by atoms with Crippen LogP contribution in [0.2, 0.25) is 0 Å². The smallest absolute Gasteiger partial charge is 0.217 e. The zero-order valence-electron chi connectivity index (χ0n) is 8.57. The van der Waals surface area contributed by atoms with Crippen molar-refractivity contribution in [2.75, 3.05) is 20.8 Å². The summed E-state index contributed by atoms with van der Waals surface area (Å²) in [5.41, 5.74) is 0. The third-order valence-electron chi connectivity index (χ3n) is 1.98. The predicted molar refractivity (Wildman–Crippen MR) is 49.4 cm³/mol. The largest absolute Gasteiger partial charge is 0.352 e. The summed E-state index contributed by atoms with van der Waals surface area (Å²) >= 11 is 0. The third-order valence-corrected chi connectivity index (χ3v) is 1.98. The van der Waals surface area contributed by atoms with E-state index in [2.05, 4.69) is 5.32 Å². The average molecular weight is 201 g/mol. The maximum absolute atomic E-state index is 10.7. The molecular formula is C9H15NO4. The van der Waals surface area contributed by atoms with E-state index in [-0.39, 0.29) is 12.5 Å². The van der Waals surface area contributed by atoms with Gasteiger partial charge in [-0.25, -0.2) is 0 Å². The summed E-state index contributed by atoms with van der Waals surface area (Å²) in [6, 6.07) is 0. The quantitative estimate of drug-likeness (QED) is 0.652. The van der Waals surface area contributed by atoms with Gasteiger partial charge >= 0.3 is 0 Å². The molecule has 1 heterocycles. The summed E-state index contributed by atoms with van der Waals surface area (Å²) in [6.07, 6.45) is 3.06. The second-order valence-electron chi connectivity index (χ2n) is 3.01. The van der Waals surface area contributed by atoms with Crippen LogP contribution in [0.1, 0.15) is 6.92 Å². The Kier molecular flexibility index (Phi) is 3.62. The van der Waals surface area contributed by atoms with Crippen molar-refractivity contribution < 1.29 is 19.0 Å². The highest BCUT2D eigenvalue weighted by atomic mass is 16.8. The molecule has 5 nitrogen and oxygen atoms in total. The lowest BCUT2D eigenvalue weighted by Crippen LogP contribution is -2.44. The molecule has 1 rings (SSSR count). The molecule has 1 aliphatic rings. The van der Waals surface area contributed by atoms with E-state index in [0.29, 0.717) is 0 Å². The molecule has 80 valence electrons. The molecule has 1 N–H and O–H groups in total. The van der Waals surface area contributed by atoms with Crippen LogP contribution >= 0.6 is 0 Å². The fourth-order valence-corrected chi connectivity index (χ4v) is 1.16. The van der Waals surface area contributed by atoms with Crippen LogP contribution in [0, 0.1) is 0 Å². The Bertz CT molecular complexity index is 241. The zero-order chi connectivity index (χ0) is 10.6. The summed E-state index contributed by atoms with van der Waals surface area (Å²) < 4.78 is 15.6. The van der Waals surface area contributed by atoms with Crippen LogP contribution in [0.5, 0.6) is 0 Å². The molecule has 0 radical (unpaired) electrons. The number of hydrogen-bond donors (Lipinski definition) is 1. The van der Waals surface area contributed by atoms with Crippen molar-refractivity contribution in [3.05, 3.63) is 12.2 Å². The van der Waals surface area contributed by atoms with Gasteiger partial charge in [0.2, 0.25) is 11.7 Å². The molecule has 1 aliphatic heterocycles. The SMILES string of the molecule is CO[C@H]1C=C[C@@](CNC(C)=O)(OC)O1. The molecule has 0 aromatic rings. The number of rotatable bonds is 4. The molecule has 0 fully saturated rings. The third kappa shape index (κ3) is 2.54. The Morgan fingerprint density at radius 2 is 2.36 bits per heavy atom. The molecule has 0 saturated heterocycles. The first kappa shape index (κ1) is 11.2. The van der Waals surface area contributed by atoms with Gasteiger partial charge in [0.1, 0.15) is 0 Å². The molecule has 0 spiro atoms. The molecule has 14 heavy (non-hydrogen) atoms. The first-order valence-corrected chi connectivity index (χ1v) is 4.31. The van der Waals surface area contributed by atoms with Crippen LogP contribution in [-0.4, -0.2) is 38.7 Å². The topological polar surface area (TPSA) is 56.8 Å². The second-order valence-corrected chi connectivity index (χ2v) is 3.01. The number of nitrogens with one attached hydrogen (secondary N) is 1. The fourth-order valence-electron chi connectivity index (χ4n) is 1.16. The molecule has 0 saturated carbocycles. The molecule has 2 atom stereocenters. The van der Waals surface area contributed by atoms with Crippen molar-refractivity contribution in [2.24, 2.45) is 0 Å². The summed E-state index contributed by atoms with van der Waals surface area (Å²) in [5.74, 6) is -1.02. The monoisotopic (exact) mass is 201 g/mol. The highest BCUT2D eigenvalue weighted by Gasteiger charge is 2.35. The molecule has 0 aromatic carbocycles. The van der Waals surface area contributed by atoms with Crippen molar-refractivity contribution >= 4 is 5.91 Å². The number of carbonyl (C=O) groups excluding carboxylic acids is 1. The van der Waals surface area contributed by atoms with E-state index in [0.717, 1.165) is 0 Å². The van der Waals surface area contributed by atoms with E-state index in [4.69, 9.17) is 14.2 Å². The maximum atomic E-state index is 10.7. The van der Waals surface area contributed by atoms with E-state index in [1.165, 1.54) is 14.0 Å². The van der Waals surface area contributed by atoms with Gasteiger partial charge in [-0.05, 0) is 12.2 Å². The molecule has 1 amide bonds. The van der Waals surface area contributed by atoms with Crippen molar-refractivity contribution in [1.82, 2.24) is 5.32 Å². The van der Waals surface area contributed by atoms with E-state index in [1.807, 2.05) is 0 Å². The summed E-state index contributed by atoms with van der Waals surface area (Å²) in [6.45, 7) is 1.71. The summed E-state index contributed by atoms with van der Waals surface area (Å²) in [7, 11) is 3.06. The number of methoxy groups -OCH3 is 2. The normalized spacial score (nSPS) is 30.6. The Labute approximate surface area is 83.0 Å². The maximum Gasteiger partial charge on any atom is 0.217 e. The summed E-state index contributed by atoms with van der Waals surface area (Å²) in [5, 5.41) is 2.63. The number of amides is 1. The minimum atomic E-state index is -0.896. The Morgan fingerprint density at radius 3 is 2.79 bits per heavy atom. The van der Waals surface area contributed by atoms with Gasteiger partial charge in [-0.2, -0.15) is 0 Å². The Balaban J connectivity index is 2.52. The molecule has 5 heteroatoms. The lowest BCUT2D eigenvalue weighted by molar-refractivity contribution is -0.239. The standard InChI is InChI=1S/C9H15NO4/c1-7(11)10-6-9(13-3)5-4-8(12-2)14-9/h4-5,8H,6H2,1-3H3,(H,10,11)/t8-,9-/m1/s1. The Morgan fingerprint density at radius 1 is 1.64 bits per heavy atom. The number of ether oxygens (including phenoxy) is 3. The van der Waals surface area contributed by atoms with E-state index < -0.39 is 12.1 Å².